The van der Waals surface area contributed by atoms with E-state index in [1.165, 1.54) is 0 Å². The minimum atomic E-state index is 0.142. The average Bonchev–Trinajstić information content (AvgIpc) is 2.62. The molecule has 1 aromatic heterocycles. The predicted octanol–water partition coefficient (Wildman–Crippen LogP) is 3.84. The highest BCUT2D eigenvalue weighted by Gasteiger charge is 2.15. The molecule has 3 aromatic rings. The number of hydrogen-bond donors (Lipinski definition) is 1. The highest BCUT2D eigenvalue weighted by Crippen LogP contribution is 2.37. The molecule has 1 heterocycles. The second-order valence-corrected chi connectivity index (χ2v) is 5.29. The fourth-order valence-electron chi connectivity index (χ4n) is 2.49. The monoisotopic (exact) mass is 322 g/mol. The number of phenols is 1. The summed E-state index contributed by atoms with van der Waals surface area (Å²) >= 11 is 0. The van der Waals surface area contributed by atoms with Crippen molar-refractivity contribution in [3.63, 3.8) is 0 Å². The van der Waals surface area contributed by atoms with Gasteiger partial charge in [0.1, 0.15) is 23.1 Å². The van der Waals surface area contributed by atoms with Gasteiger partial charge in [0.05, 0.1) is 19.9 Å². The minimum Gasteiger partial charge on any atom is -0.507 e. The van der Waals surface area contributed by atoms with E-state index in [-0.39, 0.29) is 5.75 Å². The molecule has 0 fully saturated rings. The van der Waals surface area contributed by atoms with Crippen LogP contribution in [0.5, 0.6) is 17.2 Å². The molecule has 0 spiro atoms. The normalized spacial score (nSPS) is 10.5. The highest BCUT2D eigenvalue weighted by molar-refractivity contribution is 5.83. The molecule has 122 valence electrons. The van der Waals surface area contributed by atoms with Crippen molar-refractivity contribution in [1.29, 1.82) is 0 Å². The number of aromatic hydroxyl groups is 1. The Bertz CT molecular complexity index is 861. The Hall–Kier alpha value is -3.08. The molecule has 0 aliphatic rings. The third-order valence-corrected chi connectivity index (χ3v) is 3.77. The third kappa shape index (κ3) is 3.01. The zero-order chi connectivity index (χ0) is 17.1. The summed E-state index contributed by atoms with van der Waals surface area (Å²) in [5, 5.41) is 10.3. The summed E-state index contributed by atoms with van der Waals surface area (Å²) in [6.07, 6.45) is 1.76. The van der Waals surface area contributed by atoms with Gasteiger partial charge in [-0.05, 0) is 42.8 Å². The van der Waals surface area contributed by atoms with Crippen LogP contribution in [0, 0.1) is 6.92 Å². The molecular formula is C19H18N2O3. The number of methoxy groups -OCH3 is 2. The Morgan fingerprint density at radius 1 is 0.875 bits per heavy atom. The lowest BCUT2D eigenvalue weighted by Crippen LogP contribution is -1.96. The van der Waals surface area contributed by atoms with Gasteiger partial charge in [0, 0.05) is 17.3 Å². The number of hydrogen-bond acceptors (Lipinski definition) is 5. The average molecular weight is 322 g/mol. The summed E-state index contributed by atoms with van der Waals surface area (Å²) in [4.78, 5) is 8.84. The summed E-state index contributed by atoms with van der Waals surface area (Å²) in [7, 11) is 3.22. The first kappa shape index (κ1) is 15.8. The van der Waals surface area contributed by atoms with Gasteiger partial charge in [0.25, 0.3) is 0 Å². The Balaban J connectivity index is 2.19. The van der Waals surface area contributed by atoms with Crippen molar-refractivity contribution in [2.45, 2.75) is 6.92 Å². The molecule has 3 rings (SSSR count). The minimum absolute atomic E-state index is 0.142. The van der Waals surface area contributed by atoms with Crippen LogP contribution in [0.2, 0.25) is 0 Å². The molecule has 0 aliphatic heterocycles. The molecule has 0 saturated carbocycles. The maximum Gasteiger partial charge on any atom is 0.125 e. The Morgan fingerprint density at radius 3 is 2.21 bits per heavy atom. The second-order valence-electron chi connectivity index (χ2n) is 5.29. The lowest BCUT2D eigenvalue weighted by molar-refractivity contribution is 0.412. The van der Waals surface area contributed by atoms with Crippen LogP contribution in [0.4, 0.5) is 0 Å². The van der Waals surface area contributed by atoms with Crippen LogP contribution in [0.1, 0.15) is 5.82 Å². The maximum absolute atomic E-state index is 10.3. The SMILES string of the molecule is COc1ccc(-c2cnc(C)nc2-c2cc(OC)ccc2O)cc1. The van der Waals surface area contributed by atoms with E-state index in [2.05, 4.69) is 9.97 Å². The summed E-state index contributed by atoms with van der Waals surface area (Å²) in [6.45, 7) is 1.82. The fraction of sp³-hybridized carbons (Fsp3) is 0.158. The zero-order valence-electron chi connectivity index (χ0n) is 13.8. The first-order valence-corrected chi connectivity index (χ1v) is 7.48. The molecule has 24 heavy (non-hydrogen) atoms. The van der Waals surface area contributed by atoms with Gasteiger partial charge < -0.3 is 14.6 Å². The van der Waals surface area contributed by atoms with Crippen LogP contribution in [0.15, 0.2) is 48.7 Å². The number of nitrogens with zero attached hydrogens (tertiary/aromatic N) is 2. The standard InChI is InChI=1S/C19H18N2O3/c1-12-20-11-17(13-4-6-14(23-2)7-5-13)19(21-12)16-10-15(24-3)8-9-18(16)22/h4-11,22H,1-3H3. The number of aryl methyl sites for hydroxylation is 1. The van der Waals surface area contributed by atoms with Gasteiger partial charge in [-0.2, -0.15) is 0 Å². The molecule has 0 unspecified atom stereocenters. The molecule has 5 nitrogen and oxygen atoms in total. The van der Waals surface area contributed by atoms with Crippen molar-refractivity contribution in [3.8, 4) is 39.6 Å². The molecule has 2 aromatic carbocycles. The van der Waals surface area contributed by atoms with Crippen molar-refractivity contribution in [3.05, 3.63) is 54.5 Å². The summed E-state index contributed by atoms with van der Waals surface area (Å²) < 4.78 is 10.5. The van der Waals surface area contributed by atoms with Crippen molar-refractivity contribution >= 4 is 0 Å². The van der Waals surface area contributed by atoms with E-state index in [1.54, 1.807) is 38.6 Å². The van der Waals surface area contributed by atoms with Crippen LogP contribution < -0.4 is 9.47 Å². The fourth-order valence-corrected chi connectivity index (χ4v) is 2.49. The number of rotatable bonds is 4. The predicted molar refractivity (Wildman–Crippen MR) is 92.4 cm³/mol. The molecule has 0 atom stereocenters. The Morgan fingerprint density at radius 2 is 1.54 bits per heavy atom. The van der Waals surface area contributed by atoms with Crippen molar-refractivity contribution in [1.82, 2.24) is 9.97 Å². The molecule has 1 N–H and O–H groups in total. The lowest BCUT2D eigenvalue weighted by Gasteiger charge is -2.12. The van der Waals surface area contributed by atoms with Crippen LogP contribution in [-0.4, -0.2) is 29.3 Å². The first-order valence-electron chi connectivity index (χ1n) is 7.48. The second kappa shape index (κ2) is 6.58. The number of aromatic nitrogens is 2. The summed E-state index contributed by atoms with van der Waals surface area (Å²) in [5.74, 6) is 2.20. The first-order chi connectivity index (χ1) is 11.6. The van der Waals surface area contributed by atoms with Gasteiger partial charge >= 0.3 is 0 Å². The van der Waals surface area contributed by atoms with Gasteiger partial charge in [-0.25, -0.2) is 9.97 Å². The van der Waals surface area contributed by atoms with E-state index in [9.17, 15) is 5.11 Å². The zero-order valence-corrected chi connectivity index (χ0v) is 13.8. The van der Waals surface area contributed by atoms with Gasteiger partial charge in [-0.15, -0.1) is 0 Å². The molecule has 0 bridgehead atoms. The topological polar surface area (TPSA) is 64.5 Å². The van der Waals surface area contributed by atoms with Crippen LogP contribution in [0.25, 0.3) is 22.4 Å². The Labute approximate surface area is 140 Å². The van der Waals surface area contributed by atoms with Gasteiger partial charge in [-0.3, -0.25) is 0 Å². The van der Waals surface area contributed by atoms with Crippen molar-refractivity contribution in [2.24, 2.45) is 0 Å². The van der Waals surface area contributed by atoms with Crippen molar-refractivity contribution < 1.29 is 14.6 Å². The van der Waals surface area contributed by atoms with E-state index in [4.69, 9.17) is 9.47 Å². The largest absolute Gasteiger partial charge is 0.507 e. The smallest absolute Gasteiger partial charge is 0.125 e. The van der Waals surface area contributed by atoms with Crippen LogP contribution >= 0.6 is 0 Å². The van der Waals surface area contributed by atoms with E-state index < -0.39 is 0 Å². The number of benzene rings is 2. The van der Waals surface area contributed by atoms with E-state index in [0.29, 0.717) is 22.8 Å². The summed E-state index contributed by atoms with van der Waals surface area (Å²) in [6, 6.07) is 12.7. The molecular weight excluding hydrogens is 304 g/mol. The highest BCUT2D eigenvalue weighted by atomic mass is 16.5. The molecule has 5 heteroatoms. The number of ether oxygens (including phenoxy) is 2. The lowest BCUT2D eigenvalue weighted by atomic mass is 9.99. The van der Waals surface area contributed by atoms with Crippen LogP contribution in [-0.2, 0) is 0 Å². The molecule has 0 amide bonds. The molecule has 0 radical (unpaired) electrons. The van der Waals surface area contributed by atoms with Crippen molar-refractivity contribution in [2.75, 3.05) is 14.2 Å². The Kier molecular flexibility index (Phi) is 4.33. The van der Waals surface area contributed by atoms with Gasteiger partial charge in [0.15, 0.2) is 0 Å². The van der Waals surface area contributed by atoms with Gasteiger partial charge in [0.2, 0.25) is 0 Å². The summed E-state index contributed by atoms with van der Waals surface area (Å²) in [5.41, 5.74) is 3.02. The van der Waals surface area contributed by atoms with Gasteiger partial charge in [-0.1, -0.05) is 12.1 Å². The third-order valence-electron chi connectivity index (χ3n) is 3.77. The number of phenolic OH excluding ortho intramolecular Hbond substituents is 1. The van der Waals surface area contributed by atoms with E-state index >= 15 is 0 Å². The maximum atomic E-state index is 10.3. The molecule has 0 saturated heterocycles. The quantitative estimate of drug-likeness (QED) is 0.790. The van der Waals surface area contributed by atoms with Crippen LogP contribution in [0.3, 0.4) is 0 Å². The molecule has 0 aliphatic carbocycles. The van der Waals surface area contributed by atoms with E-state index in [1.807, 2.05) is 31.2 Å². The van der Waals surface area contributed by atoms with E-state index in [0.717, 1.165) is 16.9 Å².